The number of carbonyl (C=O) groups excluding carboxylic acids is 1. The van der Waals surface area contributed by atoms with Gasteiger partial charge in [-0.05, 0) is 52.1 Å². The van der Waals surface area contributed by atoms with Crippen LogP contribution in [0, 0.1) is 0 Å². The highest BCUT2D eigenvalue weighted by molar-refractivity contribution is 5.93. The van der Waals surface area contributed by atoms with E-state index in [1.54, 1.807) is 0 Å². The van der Waals surface area contributed by atoms with Crippen molar-refractivity contribution in [1.29, 1.82) is 0 Å². The summed E-state index contributed by atoms with van der Waals surface area (Å²) in [7, 11) is 0. The van der Waals surface area contributed by atoms with Crippen LogP contribution >= 0.6 is 0 Å². The van der Waals surface area contributed by atoms with E-state index >= 15 is 0 Å². The van der Waals surface area contributed by atoms with E-state index in [1.165, 1.54) is 6.20 Å². The van der Waals surface area contributed by atoms with E-state index in [0.29, 0.717) is 25.3 Å². The van der Waals surface area contributed by atoms with Crippen molar-refractivity contribution in [2.24, 2.45) is 0 Å². The fourth-order valence-electron chi connectivity index (χ4n) is 7.25. The highest BCUT2D eigenvalue weighted by atomic mass is 16.7. The number of ether oxygens (including phenoxy) is 4. The van der Waals surface area contributed by atoms with Crippen molar-refractivity contribution in [1.82, 2.24) is 20.2 Å². The predicted molar refractivity (Wildman–Crippen MR) is 191 cm³/mol. The molecule has 4 heterocycles. The van der Waals surface area contributed by atoms with E-state index in [-0.39, 0.29) is 30.4 Å². The predicted octanol–water partition coefficient (Wildman–Crippen LogP) is 6.10. The number of hydrogen-bond acceptors (Lipinski definition) is 9. The zero-order valence-corrected chi connectivity index (χ0v) is 28.4. The zero-order valence-electron chi connectivity index (χ0n) is 28.4. The fourth-order valence-corrected chi connectivity index (χ4v) is 7.25. The third-order valence-electron chi connectivity index (χ3n) is 10.1. The SMILES string of the molecule is O=C(NCc1cccc(-c2cccc([C@@H]3O[C@H](CN4CCC5(CC4)OCCO5)C[C@H](c4ccc(CO)cc4)O3)c2)c1)c1cnc2ccccc2n1. The maximum Gasteiger partial charge on any atom is 0.271 e. The second-order valence-electron chi connectivity index (χ2n) is 13.5. The van der Waals surface area contributed by atoms with Gasteiger partial charge < -0.3 is 34.3 Å². The summed E-state index contributed by atoms with van der Waals surface area (Å²) in [5, 5.41) is 12.6. The molecule has 0 unspecified atom stereocenters. The first-order chi connectivity index (χ1) is 25.0. The molecule has 3 atom stereocenters. The van der Waals surface area contributed by atoms with Crippen molar-refractivity contribution in [3.63, 3.8) is 0 Å². The Morgan fingerprint density at radius 2 is 1.57 bits per heavy atom. The van der Waals surface area contributed by atoms with Crippen LogP contribution in [-0.4, -0.2) is 70.6 Å². The number of aliphatic hydroxyl groups excluding tert-OH is 1. The number of fused-ring (bicyclic) bond motifs is 1. The van der Waals surface area contributed by atoms with Gasteiger partial charge in [-0.3, -0.25) is 9.78 Å². The van der Waals surface area contributed by atoms with Gasteiger partial charge in [-0.1, -0.05) is 72.8 Å². The second-order valence-corrected chi connectivity index (χ2v) is 13.5. The number of aromatic nitrogens is 2. The van der Waals surface area contributed by atoms with Crippen LogP contribution in [0.25, 0.3) is 22.2 Å². The van der Waals surface area contributed by atoms with Crippen molar-refractivity contribution in [3.8, 4) is 11.1 Å². The molecule has 1 amide bonds. The number of benzene rings is 4. The monoisotopic (exact) mass is 686 g/mol. The molecule has 3 fully saturated rings. The maximum absolute atomic E-state index is 12.9. The van der Waals surface area contributed by atoms with Gasteiger partial charge in [-0.25, -0.2) is 4.98 Å². The number of aliphatic hydroxyl groups is 1. The second kappa shape index (κ2) is 15.0. The van der Waals surface area contributed by atoms with E-state index in [4.69, 9.17) is 18.9 Å². The molecule has 0 saturated carbocycles. The third-order valence-corrected chi connectivity index (χ3v) is 10.1. The van der Waals surface area contributed by atoms with E-state index in [0.717, 1.165) is 77.8 Å². The highest BCUT2D eigenvalue weighted by Gasteiger charge is 2.41. The van der Waals surface area contributed by atoms with Crippen molar-refractivity contribution >= 4 is 16.9 Å². The first-order valence-electron chi connectivity index (χ1n) is 17.7. The average molecular weight is 687 g/mol. The lowest BCUT2D eigenvalue weighted by Gasteiger charge is -2.41. The molecule has 0 aliphatic carbocycles. The quantitative estimate of drug-likeness (QED) is 0.190. The Morgan fingerprint density at radius 3 is 2.35 bits per heavy atom. The molecule has 4 aromatic carbocycles. The van der Waals surface area contributed by atoms with Crippen molar-refractivity contribution in [2.75, 3.05) is 32.8 Å². The summed E-state index contributed by atoms with van der Waals surface area (Å²) in [6.07, 6.45) is 3.17. The molecule has 3 saturated heterocycles. The largest absolute Gasteiger partial charge is 0.392 e. The Balaban J connectivity index is 0.973. The molecular weight excluding hydrogens is 644 g/mol. The Morgan fingerprint density at radius 1 is 0.824 bits per heavy atom. The minimum Gasteiger partial charge on any atom is -0.392 e. The van der Waals surface area contributed by atoms with E-state index in [9.17, 15) is 9.90 Å². The van der Waals surface area contributed by atoms with Gasteiger partial charge in [-0.15, -0.1) is 0 Å². The van der Waals surface area contributed by atoms with Crippen molar-refractivity contribution in [2.45, 2.75) is 56.7 Å². The number of likely N-dealkylation sites (tertiary alicyclic amines) is 1. The highest BCUT2D eigenvalue weighted by Crippen LogP contribution is 2.40. The van der Waals surface area contributed by atoms with Crippen LogP contribution in [0.1, 0.15) is 64.4 Å². The Kier molecular flexibility index (Phi) is 9.86. The molecule has 51 heavy (non-hydrogen) atoms. The summed E-state index contributed by atoms with van der Waals surface area (Å²) in [6, 6.07) is 31.9. The molecule has 5 aromatic rings. The Hall–Kier alpha value is -4.55. The third kappa shape index (κ3) is 7.72. The van der Waals surface area contributed by atoms with Gasteiger partial charge in [0.25, 0.3) is 5.91 Å². The fraction of sp³-hybridized carbons (Fsp3) is 0.341. The summed E-state index contributed by atoms with van der Waals surface area (Å²) < 4.78 is 25.3. The summed E-state index contributed by atoms with van der Waals surface area (Å²) in [4.78, 5) is 24.2. The van der Waals surface area contributed by atoms with Crippen molar-refractivity contribution < 1.29 is 28.8 Å². The summed E-state index contributed by atoms with van der Waals surface area (Å²) in [5.74, 6) is -0.687. The van der Waals surface area contributed by atoms with Crippen LogP contribution in [0.15, 0.2) is 103 Å². The average Bonchev–Trinajstić information content (AvgIpc) is 3.65. The normalized spacial score (nSPS) is 21.9. The van der Waals surface area contributed by atoms with Crippen molar-refractivity contribution in [3.05, 3.63) is 131 Å². The van der Waals surface area contributed by atoms with Crippen LogP contribution < -0.4 is 5.32 Å². The van der Waals surface area contributed by atoms with Gasteiger partial charge in [-0.2, -0.15) is 0 Å². The smallest absolute Gasteiger partial charge is 0.271 e. The van der Waals surface area contributed by atoms with E-state index in [1.807, 2.05) is 66.7 Å². The number of nitrogens with zero attached hydrogens (tertiary/aromatic N) is 3. The van der Waals surface area contributed by atoms with Gasteiger partial charge in [0.2, 0.25) is 0 Å². The van der Waals surface area contributed by atoms with E-state index < -0.39 is 12.1 Å². The molecule has 8 rings (SSSR count). The molecule has 1 spiro atoms. The van der Waals surface area contributed by atoms with Crippen LogP contribution in [0.5, 0.6) is 0 Å². The Bertz CT molecular complexity index is 1970. The van der Waals surface area contributed by atoms with E-state index in [2.05, 4.69) is 50.5 Å². The summed E-state index contributed by atoms with van der Waals surface area (Å²) in [6.45, 7) is 4.27. The van der Waals surface area contributed by atoms with Gasteiger partial charge in [0.1, 0.15) is 5.69 Å². The number of nitrogens with one attached hydrogen (secondary N) is 1. The number of rotatable bonds is 9. The van der Waals surface area contributed by atoms with Gasteiger partial charge in [0.15, 0.2) is 12.1 Å². The number of para-hydroxylation sites is 2. The topological polar surface area (TPSA) is 115 Å². The molecule has 10 heteroatoms. The van der Waals surface area contributed by atoms with Gasteiger partial charge in [0, 0.05) is 51.0 Å². The minimum absolute atomic E-state index is 0.00352. The lowest BCUT2D eigenvalue weighted by atomic mass is 9.97. The molecule has 262 valence electrons. The molecule has 0 radical (unpaired) electrons. The first-order valence-corrected chi connectivity index (χ1v) is 17.7. The maximum atomic E-state index is 12.9. The van der Waals surface area contributed by atoms with Crippen LogP contribution in [0.2, 0.25) is 0 Å². The summed E-state index contributed by atoms with van der Waals surface area (Å²) >= 11 is 0. The van der Waals surface area contributed by atoms with Crippen LogP contribution in [0.4, 0.5) is 0 Å². The number of piperidine rings is 1. The van der Waals surface area contributed by atoms with Gasteiger partial charge in [0.05, 0.1) is 49.3 Å². The minimum atomic E-state index is -0.561. The lowest BCUT2D eigenvalue weighted by molar-refractivity contribution is -0.255. The Labute approximate surface area is 297 Å². The van der Waals surface area contributed by atoms with Crippen LogP contribution in [-0.2, 0) is 32.1 Å². The molecule has 10 nitrogen and oxygen atoms in total. The first kappa shape index (κ1) is 33.6. The standard InChI is InChI=1S/C41H42N4O6/c46-27-28-11-13-30(14-12-28)38-23-34(26-45-17-15-41(16-18-45)48-19-20-49-41)50-40(51-38)33-8-4-7-32(22-33)31-6-3-5-29(21-31)24-43-39(47)37-25-42-35-9-1-2-10-36(35)44-37/h1-14,21-22,25,34,38,40,46H,15-20,23-24,26-27H2,(H,43,47)/t34-,38+,40+/m0/s1. The molecule has 3 aliphatic heterocycles. The molecular formula is C41H42N4O6. The van der Waals surface area contributed by atoms with Crippen LogP contribution in [0.3, 0.4) is 0 Å². The summed E-state index contributed by atoms with van der Waals surface area (Å²) in [5.41, 5.74) is 7.61. The zero-order chi connectivity index (χ0) is 34.6. The van der Waals surface area contributed by atoms with Gasteiger partial charge >= 0.3 is 0 Å². The number of carbonyl (C=O) groups is 1. The molecule has 0 bridgehead atoms. The number of hydrogen-bond donors (Lipinski definition) is 2. The molecule has 1 aromatic heterocycles. The molecule has 3 aliphatic rings. The lowest BCUT2D eigenvalue weighted by Crippen LogP contribution is -2.48. The number of amides is 1. The molecule has 2 N–H and O–H groups in total.